The summed E-state index contributed by atoms with van der Waals surface area (Å²) in [6.45, 7) is 5.43. The van der Waals surface area contributed by atoms with Gasteiger partial charge in [0, 0.05) is 17.2 Å². The van der Waals surface area contributed by atoms with Crippen LogP contribution in [0.2, 0.25) is 0 Å². The Morgan fingerprint density at radius 3 is 2.77 bits per heavy atom. The topological polar surface area (TPSA) is 3.88 Å². The SMILES string of the molecule is CCC1C=C2C(=Cc3c2cc(C)c[n+]3Cc2ccccc2)C1. The Morgan fingerprint density at radius 1 is 1.18 bits per heavy atom. The number of aromatic nitrogens is 1. The molecule has 0 fully saturated rings. The van der Waals surface area contributed by atoms with Crippen LogP contribution in [0.15, 0.2) is 54.2 Å². The Kier molecular flexibility index (Phi) is 3.22. The van der Waals surface area contributed by atoms with Crippen molar-refractivity contribution in [3.63, 3.8) is 0 Å². The van der Waals surface area contributed by atoms with Crippen LogP contribution in [0, 0.1) is 12.8 Å². The Balaban J connectivity index is 1.77. The highest BCUT2D eigenvalue weighted by molar-refractivity contribution is 5.94. The molecular weight excluding hydrogens is 266 g/mol. The zero-order chi connectivity index (χ0) is 15.1. The predicted molar refractivity (Wildman–Crippen MR) is 91.3 cm³/mol. The summed E-state index contributed by atoms with van der Waals surface area (Å²) in [5, 5.41) is 0. The van der Waals surface area contributed by atoms with Crippen LogP contribution in [0.25, 0.3) is 11.6 Å². The van der Waals surface area contributed by atoms with E-state index in [-0.39, 0.29) is 0 Å². The molecular formula is C21H22N+. The molecule has 0 saturated heterocycles. The minimum atomic E-state index is 0.734. The average Bonchev–Trinajstić information content (AvgIpc) is 3.07. The number of allylic oxidation sites excluding steroid dienone is 3. The number of pyridine rings is 1. The maximum atomic E-state index is 2.49. The van der Waals surface area contributed by atoms with Gasteiger partial charge in [-0.3, -0.25) is 0 Å². The molecule has 1 unspecified atom stereocenters. The second kappa shape index (κ2) is 5.24. The van der Waals surface area contributed by atoms with Crippen molar-refractivity contribution in [3.05, 3.63) is 76.6 Å². The van der Waals surface area contributed by atoms with Crippen LogP contribution in [-0.2, 0) is 6.54 Å². The molecule has 22 heavy (non-hydrogen) atoms. The van der Waals surface area contributed by atoms with E-state index < -0.39 is 0 Å². The number of nitrogens with zero attached hydrogens (tertiary/aromatic N) is 1. The molecule has 1 heteroatoms. The zero-order valence-electron chi connectivity index (χ0n) is 13.3. The van der Waals surface area contributed by atoms with Gasteiger partial charge in [-0.1, -0.05) is 43.3 Å². The number of benzene rings is 1. The van der Waals surface area contributed by atoms with E-state index in [1.54, 1.807) is 0 Å². The molecule has 1 aromatic heterocycles. The highest BCUT2D eigenvalue weighted by atomic mass is 15.0. The van der Waals surface area contributed by atoms with Crippen LogP contribution < -0.4 is 4.57 Å². The van der Waals surface area contributed by atoms with E-state index in [9.17, 15) is 0 Å². The Hall–Kier alpha value is -2.15. The van der Waals surface area contributed by atoms with Crippen LogP contribution in [-0.4, -0.2) is 0 Å². The van der Waals surface area contributed by atoms with Crippen molar-refractivity contribution in [2.24, 2.45) is 5.92 Å². The molecule has 2 aliphatic carbocycles. The molecule has 0 amide bonds. The molecule has 4 rings (SSSR count). The Morgan fingerprint density at radius 2 is 2.00 bits per heavy atom. The highest BCUT2D eigenvalue weighted by Gasteiger charge is 2.32. The van der Waals surface area contributed by atoms with Crippen LogP contribution >= 0.6 is 0 Å². The van der Waals surface area contributed by atoms with Crippen molar-refractivity contribution in [1.82, 2.24) is 0 Å². The number of rotatable bonds is 3. The van der Waals surface area contributed by atoms with E-state index in [1.807, 2.05) is 0 Å². The molecule has 0 radical (unpaired) electrons. The number of aryl methyl sites for hydroxylation is 1. The van der Waals surface area contributed by atoms with Crippen molar-refractivity contribution in [2.45, 2.75) is 33.2 Å². The molecule has 2 aliphatic rings. The third kappa shape index (κ3) is 2.21. The van der Waals surface area contributed by atoms with Crippen LogP contribution in [0.5, 0.6) is 0 Å². The minimum absolute atomic E-state index is 0.734. The lowest BCUT2D eigenvalue weighted by Gasteiger charge is -2.06. The van der Waals surface area contributed by atoms with Crippen molar-refractivity contribution in [3.8, 4) is 0 Å². The molecule has 110 valence electrons. The van der Waals surface area contributed by atoms with Gasteiger partial charge in [0.15, 0.2) is 12.7 Å². The smallest absolute Gasteiger partial charge is 0.194 e. The van der Waals surface area contributed by atoms with Crippen molar-refractivity contribution in [1.29, 1.82) is 0 Å². The standard InChI is InChI=1S/C21H22N/c1-3-16-10-18-12-21-20(19(18)11-16)9-15(2)13-22(21)14-17-7-5-4-6-8-17/h4-9,11-13,16H,3,10,14H2,1-2H3/q+1. The summed E-state index contributed by atoms with van der Waals surface area (Å²) in [5.74, 6) is 0.734. The average molecular weight is 288 g/mol. The van der Waals surface area contributed by atoms with Gasteiger partial charge in [-0.25, -0.2) is 0 Å². The molecule has 0 spiro atoms. The number of fused-ring (bicyclic) bond motifs is 3. The van der Waals surface area contributed by atoms with E-state index >= 15 is 0 Å². The molecule has 1 aromatic carbocycles. The van der Waals surface area contributed by atoms with Gasteiger partial charge in [-0.15, -0.1) is 0 Å². The largest absolute Gasteiger partial charge is 0.213 e. The van der Waals surface area contributed by atoms with Gasteiger partial charge >= 0.3 is 0 Å². The van der Waals surface area contributed by atoms with Gasteiger partial charge in [0.1, 0.15) is 0 Å². The summed E-state index contributed by atoms with van der Waals surface area (Å²) in [4.78, 5) is 0. The maximum absolute atomic E-state index is 2.49. The Labute approximate surface area is 132 Å². The van der Waals surface area contributed by atoms with Gasteiger partial charge in [-0.05, 0) is 42.9 Å². The van der Waals surface area contributed by atoms with E-state index in [0.29, 0.717) is 0 Å². The summed E-state index contributed by atoms with van der Waals surface area (Å²) >= 11 is 0. The number of hydrogen-bond acceptors (Lipinski definition) is 0. The second-order valence-corrected chi connectivity index (χ2v) is 6.55. The van der Waals surface area contributed by atoms with Gasteiger partial charge in [0.25, 0.3) is 0 Å². The van der Waals surface area contributed by atoms with E-state index in [1.165, 1.54) is 46.4 Å². The van der Waals surface area contributed by atoms with E-state index in [4.69, 9.17) is 0 Å². The lowest BCUT2D eigenvalue weighted by molar-refractivity contribution is -0.690. The first kappa shape index (κ1) is 13.5. The summed E-state index contributed by atoms with van der Waals surface area (Å²) in [6, 6.07) is 13.1. The van der Waals surface area contributed by atoms with E-state index in [2.05, 4.69) is 73.2 Å². The molecule has 0 aliphatic heterocycles. The molecule has 1 atom stereocenters. The third-order valence-corrected chi connectivity index (χ3v) is 4.87. The molecule has 0 bridgehead atoms. The maximum Gasteiger partial charge on any atom is 0.213 e. The first-order valence-corrected chi connectivity index (χ1v) is 8.25. The van der Waals surface area contributed by atoms with Crippen LogP contribution in [0.4, 0.5) is 0 Å². The fourth-order valence-electron chi connectivity index (χ4n) is 3.72. The summed E-state index contributed by atoms with van der Waals surface area (Å²) in [6.07, 6.45) is 9.64. The van der Waals surface area contributed by atoms with E-state index in [0.717, 1.165) is 12.5 Å². The van der Waals surface area contributed by atoms with Crippen LogP contribution in [0.1, 0.15) is 42.1 Å². The van der Waals surface area contributed by atoms with Crippen molar-refractivity contribution < 1.29 is 4.57 Å². The van der Waals surface area contributed by atoms with Crippen molar-refractivity contribution in [2.75, 3.05) is 0 Å². The van der Waals surface area contributed by atoms with Gasteiger partial charge in [0.2, 0.25) is 5.69 Å². The van der Waals surface area contributed by atoms with Crippen LogP contribution in [0.3, 0.4) is 0 Å². The monoisotopic (exact) mass is 288 g/mol. The highest BCUT2D eigenvalue weighted by Crippen LogP contribution is 2.44. The van der Waals surface area contributed by atoms with Gasteiger partial charge in [0.05, 0.1) is 5.56 Å². The lowest BCUT2D eigenvalue weighted by Crippen LogP contribution is -2.38. The molecule has 0 N–H and O–H groups in total. The molecule has 0 saturated carbocycles. The third-order valence-electron chi connectivity index (χ3n) is 4.87. The molecule has 1 heterocycles. The minimum Gasteiger partial charge on any atom is -0.194 e. The predicted octanol–water partition coefficient (Wildman–Crippen LogP) is 4.54. The quantitative estimate of drug-likeness (QED) is 0.730. The van der Waals surface area contributed by atoms with Gasteiger partial charge in [-0.2, -0.15) is 4.57 Å². The zero-order valence-corrected chi connectivity index (χ0v) is 13.3. The van der Waals surface area contributed by atoms with Gasteiger partial charge < -0.3 is 0 Å². The second-order valence-electron chi connectivity index (χ2n) is 6.55. The molecule has 2 aromatic rings. The normalized spacial score (nSPS) is 18.7. The first-order valence-electron chi connectivity index (χ1n) is 8.25. The first-order chi connectivity index (χ1) is 10.7. The fourth-order valence-corrected chi connectivity index (χ4v) is 3.72. The number of hydrogen-bond donors (Lipinski definition) is 0. The summed E-state index contributed by atoms with van der Waals surface area (Å²) < 4.78 is 2.41. The molecule has 1 nitrogen and oxygen atoms in total. The lowest BCUT2D eigenvalue weighted by atomic mass is 10.0. The summed E-state index contributed by atoms with van der Waals surface area (Å²) in [5.41, 5.74) is 8.54. The fraction of sp³-hybridized carbons (Fsp3) is 0.286. The van der Waals surface area contributed by atoms with Crippen molar-refractivity contribution >= 4 is 11.6 Å². The summed E-state index contributed by atoms with van der Waals surface area (Å²) in [7, 11) is 0. The Bertz CT molecular complexity index is 781.